The van der Waals surface area contributed by atoms with Gasteiger partial charge in [0.2, 0.25) is 12.7 Å². The van der Waals surface area contributed by atoms with E-state index in [-0.39, 0.29) is 18.6 Å². The Hall–Kier alpha value is -1.75. The van der Waals surface area contributed by atoms with Crippen LogP contribution in [-0.2, 0) is 4.79 Å². The Balaban J connectivity index is 1.63. The first-order valence-corrected chi connectivity index (χ1v) is 6.61. The summed E-state index contributed by atoms with van der Waals surface area (Å²) >= 11 is 0. The number of amides is 1. The van der Waals surface area contributed by atoms with Crippen molar-refractivity contribution in [3.05, 3.63) is 18.2 Å². The van der Waals surface area contributed by atoms with Gasteiger partial charge in [0, 0.05) is 17.7 Å². The van der Waals surface area contributed by atoms with Crippen molar-refractivity contribution in [2.45, 2.75) is 12.8 Å². The zero-order valence-electron chi connectivity index (χ0n) is 11.0. The van der Waals surface area contributed by atoms with Crippen LogP contribution >= 0.6 is 0 Å². The summed E-state index contributed by atoms with van der Waals surface area (Å²) in [4.78, 5) is 14.4. The second-order valence-corrected chi connectivity index (χ2v) is 5.13. The fourth-order valence-electron chi connectivity index (χ4n) is 2.49. The van der Waals surface area contributed by atoms with Crippen molar-refractivity contribution in [1.29, 1.82) is 0 Å². The van der Waals surface area contributed by atoms with Gasteiger partial charge in [-0.3, -0.25) is 4.79 Å². The van der Waals surface area contributed by atoms with Gasteiger partial charge in [-0.05, 0) is 45.1 Å². The van der Waals surface area contributed by atoms with Crippen LogP contribution in [0.1, 0.15) is 12.8 Å². The molecule has 0 unspecified atom stereocenters. The summed E-state index contributed by atoms with van der Waals surface area (Å²) in [5.41, 5.74) is 0.771. The number of ether oxygens (including phenoxy) is 2. The molecule has 0 spiro atoms. The molecule has 19 heavy (non-hydrogen) atoms. The monoisotopic (exact) mass is 262 g/mol. The Bertz CT molecular complexity index is 482. The molecule has 0 aliphatic carbocycles. The molecular weight excluding hydrogens is 244 g/mol. The number of benzene rings is 1. The molecule has 1 aromatic carbocycles. The van der Waals surface area contributed by atoms with Crippen molar-refractivity contribution in [3.63, 3.8) is 0 Å². The van der Waals surface area contributed by atoms with Crippen LogP contribution in [0.4, 0.5) is 5.69 Å². The molecule has 0 radical (unpaired) electrons. The zero-order chi connectivity index (χ0) is 13.2. The van der Waals surface area contributed by atoms with E-state index in [9.17, 15) is 4.79 Å². The van der Waals surface area contributed by atoms with Crippen LogP contribution in [0.2, 0.25) is 0 Å². The zero-order valence-corrected chi connectivity index (χ0v) is 11.0. The number of likely N-dealkylation sites (tertiary alicyclic amines) is 1. The maximum atomic E-state index is 12.2. The highest BCUT2D eigenvalue weighted by Crippen LogP contribution is 2.34. The summed E-state index contributed by atoms with van der Waals surface area (Å²) < 4.78 is 10.5. The van der Waals surface area contributed by atoms with Crippen LogP contribution in [0, 0.1) is 5.92 Å². The van der Waals surface area contributed by atoms with Crippen LogP contribution < -0.4 is 14.8 Å². The average Bonchev–Trinajstić information content (AvgIpc) is 2.87. The molecule has 1 saturated heterocycles. The van der Waals surface area contributed by atoms with Gasteiger partial charge >= 0.3 is 0 Å². The predicted molar refractivity (Wildman–Crippen MR) is 71.4 cm³/mol. The molecule has 2 aliphatic heterocycles. The fraction of sp³-hybridized carbons (Fsp3) is 0.500. The van der Waals surface area contributed by atoms with Crippen molar-refractivity contribution in [3.8, 4) is 11.5 Å². The first-order chi connectivity index (χ1) is 9.22. The van der Waals surface area contributed by atoms with E-state index in [1.165, 1.54) is 0 Å². The smallest absolute Gasteiger partial charge is 0.231 e. The van der Waals surface area contributed by atoms with Gasteiger partial charge in [0.05, 0.1) is 0 Å². The third-order valence-electron chi connectivity index (χ3n) is 3.73. The standard InChI is InChI=1S/C14H18N2O3/c1-16-6-4-10(5-7-16)14(17)15-11-2-3-12-13(8-11)19-9-18-12/h2-3,8,10H,4-7,9H2,1H3,(H,15,17). The topological polar surface area (TPSA) is 50.8 Å². The molecule has 5 heteroatoms. The number of nitrogens with one attached hydrogen (secondary N) is 1. The number of carbonyl (C=O) groups is 1. The summed E-state index contributed by atoms with van der Waals surface area (Å²) in [6.45, 7) is 2.22. The van der Waals surface area contributed by atoms with Crippen LogP contribution in [0.15, 0.2) is 18.2 Å². The van der Waals surface area contributed by atoms with Gasteiger partial charge in [0.1, 0.15) is 0 Å². The molecule has 102 valence electrons. The number of nitrogens with zero attached hydrogens (tertiary/aromatic N) is 1. The molecule has 2 heterocycles. The first-order valence-electron chi connectivity index (χ1n) is 6.61. The van der Waals surface area contributed by atoms with Gasteiger partial charge in [-0.2, -0.15) is 0 Å². The van der Waals surface area contributed by atoms with Crippen molar-refractivity contribution in [1.82, 2.24) is 4.90 Å². The van der Waals surface area contributed by atoms with E-state index < -0.39 is 0 Å². The molecule has 1 fully saturated rings. The molecule has 2 aliphatic rings. The Morgan fingerprint density at radius 2 is 2.00 bits per heavy atom. The molecule has 0 aromatic heterocycles. The van der Waals surface area contributed by atoms with Gasteiger partial charge < -0.3 is 19.7 Å². The highest BCUT2D eigenvalue weighted by molar-refractivity contribution is 5.93. The fourth-order valence-corrected chi connectivity index (χ4v) is 2.49. The highest BCUT2D eigenvalue weighted by Gasteiger charge is 2.23. The lowest BCUT2D eigenvalue weighted by atomic mass is 9.96. The summed E-state index contributed by atoms with van der Waals surface area (Å²) in [5.74, 6) is 1.65. The van der Waals surface area contributed by atoms with Gasteiger partial charge in [-0.25, -0.2) is 0 Å². The van der Waals surface area contributed by atoms with Crippen LogP contribution in [0.25, 0.3) is 0 Å². The summed E-state index contributed by atoms with van der Waals surface area (Å²) in [5, 5.41) is 2.96. The Morgan fingerprint density at radius 3 is 2.79 bits per heavy atom. The second-order valence-electron chi connectivity index (χ2n) is 5.13. The number of fused-ring (bicyclic) bond motifs is 1. The minimum absolute atomic E-state index is 0.104. The molecule has 0 bridgehead atoms. The molecule has 0 atom stereocenters. The largest absolute Gasteiger partial charge is 0.454 e. The maximum absolute atomic E-state index is 12.2. The second kappa shape index (κ2) is 5.09. The minimum atomic E-state index is 0.104. The predicted octanol–water partition coefficient (Wildman–Crippen LogP) is 1.70. The number of hydrogen-bond donors (Lipinski definition) is 1. The van der Waals surface area contributed by atoms with Crippen LogP contribution in [0.5, 0.6) is 11.5 Å². The average molecular weight is 262 g/mol. The summed E-state index contributed by atoms with van der Waals surface area (Å²) in [6.07, 6.45) is 1.85. The minimum Gasteiger partial charge on any atom is -0.454 e. The van der Waals surface area contributed by atoms with Crippen molar-refractivity contribution in [2.75, 3.05) is 32.2 Å². The Labute approximate surface area is 112 Å². The molecule has 5 nitrogen and oxygen atoms in total. The number of carbonyl (C=O) groups excluding carboxylic acids is 1. The SMILES string of the molecule is CN1CCC(C(=O)Nc2ccc3c(c2)OCO3)CC1. The van der Waals surface area contributed by atoms with E-state index in [2.05, 4.69) is 17.3 Å². The van der Waals surface area contributed by atoms with E-state index in [4.69, 9.17) is 9.47 Å². The van der Waals surface area contributed by atoms with Gasteiger partial charge in [-0.1, -0.05) is 0 Å². The Morgan fingerprint density at radius 1 is 1.26 bits per heavy atom. The van der Waals surface area contributed by atoms with E-state index >= 15 is 0 Å². The maximum Gasteiger partial charge on any atom is 0.231 e. The lowest BCUT2D eigenvalue weighted by Crippen LogP contribution is -2.35. The normalized spacial score (nSPS) is 19.4. The number of rotatable bonds is 2. The third-order valence-corrected chi connectivity index (χ3v) is 3.73. The van der Waals surface area contributed by atoms with E-state index in [1.807, 2.05) is 18.2 Å². The number of hydrogen-bond acceptors (Lipinski definition) is 4. The van der Waals surface area contributed by atoms with Crippen molar-refractivity contribution >= 4 is 11.6 Å². The highest BCUT2D eigenvalue weighted by atomic mass is 16.7. The molecule has 1 N–H and O–H groups in total. The van der Waals surface area contributed by atoms with Crippen molar-refractivity contribution in [2.24, 2.45) is 5.92 Å². The van der Waals surface area contributed by atoms with Crippen molar-refractivity contribution < 1.29 is 14.3 Å². The summed E-state index contributed by atoms with van der Waals surface area (Å²) in [7, 11) is 2.09. The van der Waals surface area contributed by atoms with E-state index in [0.717, 1.165) is 37.4 Å². The van der Waals surface area contributed by atoms with Gasteiger partial charge in [0.15, 0.2) is 11.5 Å². The molecule has 1 aromatic rings. The Kier molecular flexibility index (Phi) is 3.29. The quantitative estimate of drug-likeness (QED) is 0.881. The third kappa shape index (κ3) is 2.66. The lowest BCUT2D eigenvalue weighted by Gasteiger charge is -2.28. The molecule has 0 saturated carbocycles. The summed E-state index contributed by atoms with van der Waals surface area (Å²) in [6, 6.07) is 5.49. The van der Waals surface area contributed by atoms with Crippen LogP contribution in [-0.4, -0.2) is 37.7 Å². The first kappa shape index (κ1) is 12.3. The molecule has 1 amide bonds. The van der Waals surface area contributed by atoms with Gasteiger partial charge in [0.25, 0.3) is 0 Å². The lowest BCUT2D eigenvalue weighted by molar-refractivity contribution is -0.121. The van der Waals surface area contributed by atoms with Gasteiger partial charge in [-0.15, -0.1) is 0 Å². The van der Waals surface area contributed by atoms with E-state index in [1.54, 1.807) is 0 Å². The molecule has 3 rings (SSSR count). The van der Waals surface area contributed by atoms with Crippen LogP contribution in [0.3, 0.4) is 0 Å². The number of anilines is 1. The molecular formula is C14H18N2O3. The van der Waals surface area contributed by atoms with E-state index in [0.29, 0.717) is 5.75 Å². The number of piperidine rings is 1.